The molecule has 0 atom stereocenters. The van der Waals surface area contributed by atoms with E-state index in [1.807, 2.05) is 30.3 Å². The van der Waals surface area contributed by atoms with E-state index in [4.69, 9.17) is 10.1 Å². The Bertz CT molecular complexity index is 674. The van der Waals surface area contributed by atoms with Crippen molar-refractivity contribution in [1.82, 2.24) is 9.80 Å². The number of amides is 1. The molecule has 3 rings (SSSR count). The summed E-state index contributed by atoms with van der Waals surface area (Å²) in [7, 11) is 2.08. The molecular formula is C20H28N4O2. The van der Waals surface area contributed by atoms with Gasteiger partial charge in [0.1, 0.15) is 5.70 Å². The van der Waals surface area contributed by atoms with E-state index in [1.54, 1.807) is 0 Å². The minimum Gasteiger partial charge on any atom is -0.486 e. The lowest BCUT2D eigenvalue weighted by Gasteiger charge is -2.35. The maximum absolute atomic E-state index is 12.9. The maximum Gasteiger partial charge on any atom is 0.293 e. The molecule has 1 aliphatic heterocycles. The quantitative estimate of drug-likeness (QED) is 0.448. The molecule has 0 unspecified atom stereocenters. The monoisotopic (exact) mass is 356 g/mol. The number of carbonyl (C=O) groups excluding carboxylic acids is 1. The number of allylic oxidation sites excluding steroid dienone is 1. The Hall–Kier alpha value is -2.34. The summed E-state index contributed by atoms with van der Waals surface area (Å²) in [6, 6.07) is 9.35. The standard InChI is InChI=1S/C20H28N4O2/c1-20(8-9-20)15-26-18(19(25)22-16-6-4-3-5-7-16)17(14-21)24-12-10-23(2)11-13-24/h3-7,14,21H,8-13,15H2,1-2H3,(H,22,25)/b18-17-,21-14?. The molecule has 0 spiro atoms. The fraction of sp³-hybridized carbons (Fsp3) is 0.500. The smallest absolute Gasteiger partial charge is 0.293 e. The topological polar surface area (TPSA) is 68.7 Å². The predicted molar refractivity (Wildman–Crippen MR) is 103 cm³/mol. The van der Waals surface area contributed by atoms with Crippen molar-refractivity contribution >= 4 is 17.8 Å². The fourth-order valence-electron chi connectivity index (χ4n) is 2.92. The average molecular weight is 356 g/mol. The van der Waals surface area contributed by atoms with Crippen LogP contribution in [-0.2, 0) is 9.53 Å². The molecule has 2 aliphatic rings. The number of ether oxygens (including phenoxy) is 1. The molecule has 0 bridgehead atoms. The van der Waals surface area contributed by atoms with Gasteiger partial charge in [0.25, 0.3) is 5.91 Å². The van der Waals surface area contributed by atoms with Crippen molar-refractivity contribution in [2.75, 3.05) is 45.2 Å². The summed E-state index contributed by atoms with van der Waals surface area (Å²) in [5.74, 6) is -0.0422. The van der Waals surface area contributed by atoms with Crippen LogP contribution in [0.3, 0.4) is 0 Å². The van der Waals surface area contributed by atoms with Crippen molar-refractivity contribution in [2.24, 2.45) is 5.41 Å². The van der Waals surface area contributed by atoms with Gasteiger partial charge < -0.3 is 25.3 Å². The zero-order valence-electron chi connectivity index (χ0n) is 15.6. The molecular weight excluding hydrogens is 328 g/mol. The van der Waals surface area contributed by atoms with Crippen molar-refractivity contribution in [3.63, 3.8) is 0 Å². The third-order valence-electron chi connectivity index (χ3n) is 5.12. The number of anilines is 1. The Kier molecular flexibility index (Phi) is 5.61. The molecule has 1 aromatic carbocycles. The van der Waals surface area contributed by atoms with Crippen LogP contribution in [0.5, 0.6) is 0 Å². The SMILES string of the molecule is CN1CCN(/C(C=N)=C(\OCC2(C)CC2)C(=O)Nc2ccccc2)CC1. The van der Waals surface area contributed by atoms with Crippen LogP contribution in [-0.4, -0.2) is 61.8 Å². The van der Waals surface area contributed by atoms with Gasteiger partial charge in [-0.15, -0.1) is 0 Å². The highest BCUT2D eigenvalue weighted by atomic mass is 16.5. The molecule has 1 aliphatic carbocycles. The summed E-state index contributed by atoms with van der Waals surface area (Å²) in [6.45, 7) is 6.05. The van der Waals surface area contributed by atoms with Gasteiger partial charge in [-0.1, -0.05) is 25.1 Å². The molecule has 6 heteroatoms. The summed E-state index contributed by atoms with van der Waals surface area (Å²) in [5, 5.41) is 10.8. The molecule has 1 saturated carbocycles. The molecule has 140 valence electrons. The predicted octanol–water partition coefficient (Wildman–Crippen LogP) is 2.55. The van der Waals surface area contributed by atoms with Gasteiger partial charge >= 0.3 is 0 Å². The number of piperazine rings is 1. The minimum absolute atomic E-state index is 0.160. The molecule has 0 radical (unpaired) electrons. The number of nitrogens with zero attached hydrogens (tertiary/aromatic N) is 2. The highest BCUT2D eigenvalue weighted by Gasteiger charge is 2.39. The zero-order valence-corrected chi connectivity index (χ0v) is 15.6. The molecule has 2 N–H and O–H groups in total. The molecule has 1 heterocycles. The lowest BCUT2D eigenvalue weighted by molar-refractivity contribution is -0.116. The molecule has 0 aromatic heterocycles. The first-order valence-electron chi connectivity index (χ1n) is 9.18. The van der Waals surface area contributed by atoms with Crippen LogP contribution in [0.2, 0.25) is 0 Å². The van der Waals surface area contributed by atoms with Gasteiger partial charge in [0, 0.05) is 43.5 Å². The van der Waals surface area contributed by atoms with Gasteiger partial charge in [-0.05, 0) is 32.0 Å². The van der Waals surface area contributed by atoms with Crippen molar-refractivity contribution < 1.29 is 9.53 Å². The van der Waals surface area contributed by atoms with Gasteiger partial charge in [-0.25, -0.2) is 0 Å². The van der Waals surface area contributed by atoms with Crippen LogP contribution < -0.4 is 5.32 Å². The number of rotatable bonds is 7. The first-order chi connectivity index (χ1) is 12.5. The molecule has 1 aromatic rings. The second-order valence-corrected chi connectivity index (χ2v) is 7.57. The first-order valence-corrected chi connectivity index (χ1v) is 9.18. The Morgan fingerprint density at radius 1 is 1.23 bits per heavy atom. The lowest BCUT2D eigenvalue weighted by atomic mass is 10.2. The van der Waals surface area contributed by atoms with E-state index < -0.39 is 0 Å². The van der Waals surface area contributed by atoms with Crippen molar-refractivity contribution in [2.45, 2.75) is 19.8 Å². The van der Waals surface area contributed by atoms with E-state index in [2.05, 4.69) is 29.1 Å². The number of benzene rings is 1. The van der Waals surface area contributed by atoms with Crippen molar-refractivity contribution in [3.05, 3.63) is 41.8 Å². The molecule has 1 saturated heterocycles. The van der Waals surface area contributed by atoms with E-state index in [9.17, 15) is 4.79 Å². The number of para-hydroxylation sites is 1. The van der Waals surface area contributed by atoms with Crippen LogP contribution in [0.15, 0.2) is 41.8 Å². The Morgan fingerprint density at radius 3 is 2.46 bits per heavy atom. The van der Waals surface area contributed by atoms with Gasteiger partial charge in [-0.2, -0.15) is 0 Å². The van der Waals surface area contributed by atoms with Crippen LogP contribution in [0, 0.1) is 10.8 Å². The van der Waals surface area contributed by atoms with Crippen LogP contribution in [0.4, 0.5) is 5.69 Å². The number of hydrogen-bond acceptors (Lipinski definition) is 5. The number of nitrogens with one attached hydrogen (secondary N) is 2. The molecule has 6 nitrogen and oxygen atoms in total. The second-order valence-electron chi connectivity index (χ2n) is 7.57. The summed E-state index contributed by atoms with van der Waals surface area (Å²) in [6.07, 6.45) is 3.49. The second kappa shape index (κ2) is 7.91. The summed E-state index contributed by atoms with van der Waals surface area (Å²) in [5.41, 5.74) is 1.45. The Morgan fingerprint density at radius 2 is 1.88 bits per heavy atom. The lowest BCUT2D eigenvalue weighted by Crippen LogP contribution is -2.45. The number of carbonyl (C=O) groups is 1. The normalized spacial score (nSPS) is 20.2. The summed E-state index contributed by atoms with van der Waals surface area (Å²) in [4.78, 5) is 17.2. The minimum atomic E-state index is -0.294. The van der Waals surface area contributed by atoms with Crippen molar-refractivity contribution in [3.8, 4) is 0 Å². The highest BCUT2D eigenvalue weighted by Crippen LogP contribution is 2.45. The van der Waals surface area contributed by atoms with Crippen LogP contribution >= 0.6 is 0 Å². The molecule has 1 amide bonds. The van der Waals surface area contributed by atoms with Crippen LogP contribution in [0.25, 0.3) is 0 Å². The average Bonchev–Trinajstić information content (AvgIpc) is 3.38. The zero-order chi connectivity index (χ0) is 18.6. The summed E-state index contributed by atoms with van der Waals surface area (Å²) < 4.78 is 6.00. The van der Waals surface area contributed by atoms with E-state index in [-0.39, 0.29) is 17.1 Å². The number of likely N-dealkylation sites (N-methyl/N-ethyl adjacent to an activating group) is 1. The van der Waals surface area contributed by atoms with E-state index in [0.29, 0.717) is 12.3 Å². The number of hydrogen-bond donors (Lipinski definition) is 2. The van der Waals surface area contributed by atoms with Gasteiger partial charge in [0.15, 0.2) is 0 Å². The van der Waals surface area contributed by atoms with Crippen LogP contribution in [0.1, 0.15) is 19.8 Å². The van der Waals surface area contributed by atoms with Gasteiger partial charge in [0.2, 0.25) is 5.76 Å². The molecule has 2 fully saturated rings. The van der Waals surface area contributed by atoms with Crippen molar-refractivity contribution in [1.29, 1.82) is 5.41 Å². The van der Waals surface area contributed by atoms with E-state index >= 15 is 0 Å². The van der Waals surface area contributed by atoms with Gasteiger partial charge in [-0.3, -0.25) is 4.79 Å². The third kappa shape index (κ3) is 4.64. The van der Waals surface area contributed by atoms with Gasteiger partial charge in [0.05, 0.1) is 6.61 Å². The molecule has 26 heavy (non-hydrogen) atoms. The highest BCUT2D eigenvalue weighted by molar-refractivity contribution is 6.05. The fourth-order valence-corrected chi connectivity index (χ4v) is 2.92. The largest absolute Gasteiger partial charge is 0.486 e. The Labute approximate surface area is 155 Å². The van der Waals surface area contributed by atoms with E-state index in [0.717, 1.165) is 44.7 Å². The van der Waals surface area contributed by atoms with E-state index in [1.165, 1.54) is 6.21 Å². The maximum atomic E-state index is 12.9. The third-order valence-corrected chi connectivity index (χ3v) is 5.12. The first kappa shape index (κ1) is 18.5. The summed E-state index contributed by atoms with van der Waals surface area (Å²) >= 11 is 0. The Balaban J connectivity index is 1.82.